The van der Waals surface area contributed by atoms with E-state index in [0.717, 1.165) is 19.2 Å². The Morgan fingerprint density at radius 3 is 2.34 bits per heavy atom. The number of alkyl halides is 3. The molecule has 1 rings (SSSR count). The number of hydrogen-bond donors (Lipinski definition) is 2. The van der Waals surface area contributed by atoms with Crippen LogP contribution in [0.15, 0.2) is 24.3 Å². The summed E-state index contributed by atoms with van der Waals surface area (Å²) in [6.45, 7) is 4.48. The minimum atomic E-state index is -4.89. The molecule has 1 atom stereocenters. The van der Waals surface area contributed by atoms with Crippen LogP contribution in [0.4, 0.5) is 18.0 Å². The van der Waals surface area contributed by atoms with Crippen molar-refractivity contribution in [3.63, 3.8) is 0 Å². The first-order valence-corrected chi connectivity index (χ1v) is 8.48. The molecule has 0 saturated heterocycles. The maximum Gasteiger partial charge on any atom is 0.573 e. The van der Waals surface area contributed by atoms with E-state index < -0.39 is 48.3 Å². The summed E-state index contributed by atoms with van der Waals surface area (Å²) in [7, 11) is 1.13. The Morgan fingerprint density at radius 1 is 1.14 bits per heavy atom. The van der Waals surface area contributed by atoms with E-state index in [1.165, 1.54) is 12.1 Å². The van der Waals surface area contributed by atoms with Crippen LogP contribution < -0.4 is 15.4 Å². The summed E-state index contributed by atoms with van der Waals surface area (Å²) in [4.78, 5) is 35.4. The summed E-state index contributed by atoms with van der Waals surface area (Å²) >= 11 is 0. The molecule has 0 aliphatic carbocycles. The predicted molar refractivity (Wildman–Crippen MR) is 94.9 cm³/mol. The second-order valence-electron chi connectivity index (χ2n) is 6.88. The van der Waals surface area contributed by atoms with Crippen LogP contribution in [0.5, 0.6) is 5.75 Å². The van der Waals surface area contributed by atoms with Gasteiger partial charge in [0.15, 0.2) is 0 Å². The molecule has 0 radical (unpaired) electrons. The Bertz CT molecular complexity index is 731. The molecule has 1 unspecified atom stereocenters. The maximum atomic E-state index is 12.4. The Hall–Kier alpha value is -2.98. The van der Waals surface area contributed by atoms with Crippen LogP contribution in [0.1, 0.15) is 38.8 Å². The largest absolute Gasteiger partial charge is 0.573 e. The summed E-state index contributed by atoms with van der Waals surface area (Å²) in [5.41, 5.74) is -0.574. The molecule has 0 heterocycles. The molecule has 0 aliphatic heterocycles. The van der Waals surface area contributed by atoms with Gasteiger partial charge in [0.25, 0.3) is 0 Å². The number of ether oxygens (including phenoxy) is 3. The maximum absolute atomic E-state index is 12.4. The minimum absolute atomic E-state index is 0.183. The summed E-state index contributed by atoms with van der Waals surface area (Å²) in [6, 6.07) is 3.82. The molecule has 8 nitrogen and oxygen atoms in total. The van der Waals surface area contributed by atoms with Crippen LogP contribution in [0.2, 0.25) is 0 Å². The Balaban J connectivity index is 2.85. The first kappa shape index (κ1) is 24.1. The van der Waals surface area contributed by atoms with Gasteiger partial charge in [-0.3, -0.25) is 9.59 Å². The number of nitrogens with one attached hydrogen (secondary N) is 2. The highest BCUT2D eigenvalue weighted by Crippen LogP contribution is 2.27. The number of esters is 1. The van der Waals surface area contributed by atoms with Crippen molar-refractivity contribution in [2.75, 3.05) is 13.7 Å². The number of rotatable bonds is 7. The average Bonchev–Trinajstić information content (AvgIpc) is 2.56. The van der Waals surface area contributed by atoms with Crippen LogP contribution in [0, 0.1) is 0 Å². The summed E-state index contributed by atoms with van der Waals surface area (Å²) in [5.74, 6) is -1.89. The number of alkyl carbamates (subject to hydrolysis) is 1. The van der Waals surface area contributed by atoms with Crippen LogP contribution >= 0.6 is 0 Å². The molecule has 11 heteroatoms. The highest BCUT2D eigenvalue weighted by Gasteiger charge is 2.31. The van der Waals surface area contributed by atoms with E-state index in [0.29, 0.717) is 0 Å². The number of methoxy groups -OCH3 is 1. The highest BCUT2D eigenvalue weighted by molar-refractivity contribution is 5.83. The topological polar surface area (TPSA) is 103 Å². The second-order valence-corrected chi connectivity index (χ2v) is 6.88. The van der Waals surface area contributed by atoms with Crippen LogP contribution in [0.25, 0.3) is 0 Å². The van der Waals surface area contributed by atoms with Gasteiger partial charge in [-0.05, 0) is 38.5 Å². The van der Waals surface area contributed by atoms with Gasteiger partial charge in [-0.15, -0.1) is 13.2 Å². The number of benzene rings is 1. The molecular weight excluding hydrogens is 397 g/mol. The van der Waals surface area contributed by atoms with Crippen LogP contribution in [-0.2, 0) is 19.1 Å². The molecule has 1 aromatic carbocycles. The molecule has 29 heavy (non-hydrogen) atoms. The quantitative estimate of drug-likeness (QED) is 0.658. The van der Waals surface area contributed by atoms with Crippen molar-refractivity contribution in [3.8, 4) is 5.75 Å². The lowest BCUT2D eigenvalue weighted by atomic mass is 10.0. The van der Waals surface area contributed by atoms with Gasteiger partial charge in [0.05, 0.1) is 19.6 Å². The van der Waals surface area contributed by atoms with Crippen LogP contribution in [-0.4, -0.2) is 43.6 Å². The standard InChI is InChI=1S/C18H23F3N2O6/c1-17(2,3)29-16(26)22-10-14(24)23-13(9-15(25)27-4)11-6-5-7-12(8-11)28-18(19,20)21/h5-8,13H,9-10H2,1-4H3,(H,22,26)(H,23,24). The molecule has 0 aliphatic rings. The van der Waals surface area contributed by atoms with Gasteiger partial charge in [0.1, 0.15) is 17.9 Å². The summed E-state index contributed by atoms with van der Waals surface area (Å²) in [5, 5.41) is 4.70. The van der Waals surface area contributed by atoms with Crippen molar-refractivity contribution in [3.05, 3.63) is 29.8 Å². The lowest BCUT2D eigenvalue weighted by molar-refractivity contribution is -0.274. The summed E-state index contributed by atoms with van der Waals surface area (Å²) in [6.07, 6.45) is -6.06. The predicted octanol–water partition coefficient (Wildman–Crippen LogP) is 2.83. The Morgan fingerprint density at radius 2 is 1.79 bits per heavy atom. The van der Waals surface area contributed by atoms with E-state index in [2.05, 4.69) is 20.1 Å². The first-order valence-electron chi connectivity index (χ1n) is 8.48. The second kappa shape index (κ2) is 9.99. The molecule has 0 bridgehead atoms. The Labute approximate surface area is 165 Å². The lowest BCUT2D eigenvalue weighted by Crippen LogP contribution is -2.41. The van der Waals surface area contributed by atoms with Gasteiger partial charge in [0.2, 0.25) is 5.91 Å². The number of carbonyl (C=O) groups is 3. The number of hydrogen-bond acceptors (Lipinski definition) is 6. The van der Waals surface area contributed by atoms with Gasteiger partial charge < -0.3 is 24.8 Å². The fourth-order valence-corrected chi connectivity index (χ4v) is 2.14. The molecule has 2 N–H and O–H groups in total. The number of halogens is 3. The van der Waals surface area contributed by atoms with Gasteiger partial charge >= 0.3 is 18.4 Å². The average molecular weight is 420 g/mol. The first-order chi connectivity index (χ1) is 13.3. The van der Waals surface area contributed by atoms with Crippen molar-refractivity contribution in [2.24, 2.45) is 0 Å². The van der Waals surface area contributed by atoms with E-state index >= 15 is 0 Å². The van der Waals surface area contributed by atoms with E-state index in [4.69, 9.17) is 4.74 Å². The van der Waals surface area contributed by atoms with Crippen LogP contribution in [0.3, 0.4) is 0 Å². The van der Waals surface area contributed by atoms with Gasteiger partial charge in [-0.2, -0.15) is 0 Å². The Kier molecular flexibility index (Phi) is 8.28. The molecule has 0 saturated carbocycles. The zero-order chi connectivity index (χ0) is 22.2. The number of amides is 2. The van der Waals surface area contributed by atoms with Crippen molar-refractivity contribution >= 4 is 18.0 Å². The smallest absolute Gasteiger partial charge is 0.469 e. The molecule has 0 fully saturated rings. The number of carbonyl (C=O) groups excluding carboxylic acids is 3. The van der Waals surface area contributed by atoms with Gasteiger partial charge in [0, 0.05) is 0 Å². The molecule has 0 aromatic heterocycles. The van der Waals surface area contributed by atoms with E-state index in [1.54, 1.807) is 20.8 Å². The molecule has 2 amide bonds. The zero-order valence-electron chi connectivity index (χ0n) is 16.4. The van der Waals surface area contributed by atoms with E-state index in [9.17, 15) is 27.6 Å². The molecule has 0 spiro atoms. The lowest BCUT2D eigenvalue weighted by Gasteiger charge is -2.21. The third kappa shape index (κ3) is 10.2. The molecule has 1 aromatic rings. The third-order valence-electron chi connectivity index (χ3n) is 3.22. The van der Waals surface area contributed by atoms with Crippen molar-refractivity contribution < 1.29 is 41.8 Å². The molecular formula is C18H23F3N2O6. The van der Waals surface area contributed by atoms with Crippen molar-refractivity contribution in [1.82, 2.24) is 10.6 Å². The summed E-state index contributed by atoms with van der Waals surface area (Å²) < 4.78 is 50.7. The van der Waals surface area contributed by atoms with E-state index in [-0.39, 0.29) is 12.0 Å². The monoisotopic (exact) mass is 420 g/mol. The fourth-order valence-electron chi connectivity index (χ4n) is 2.14. The SMILES string of the molecule is COC(=O)CC(NC(=O)CNC(=O)OC(C)(C)C)c1cccc(OC(F)(F)F)c1. The highest BCUT2D eigenvalue weighted by atomic mass is 19.4. The third-order valence-corrected chi connectivity index (χ3v) is 3.22. The zero-order valence-corrected chi connectivity index (χ0v) is 16.4. The van der Waals surface area contributed by atoms with Gasteiger partial charge in [-0.1, -0.05) is 12.1 Å². The van der Waals surface area contributed by atoms with E-state index in [1.807, 2.05) is 0 Å². The van der Waals surface area contributed by atoms with Gasteiger partial charge in [-0.25, -0.2) is 4.79 Å². The fraction of sp³-hybridized carbons (Fsp3) is 0.500. The normalized spacial score (nSPS) is 12.5. The minimum Gasteiger partial charge on any atom is -0.469 e. The van der Waals surface area contributed by atoms with Crippen molar-refractivity contribution in [1.29, 1.82) is 0 Å². The molecule has 162 valence electrons. The van der Waals surface area contributed by atoms with Crippen molar-refractivity contribution in [2.45, 2.75) is 45.2 Å².